The van der Waals surface area contributed by atoms with Gasteiger partial charge in [-0.2, -0.15) is 5.10 Å². The summed E-state index contributed by atoms with van der Waals surface area (Å²) in [5.41, 5.74) is 0. The highest BCUT2D eigenvalue weighted by molar-refractivity contribution is 4.79. The molecule has 1 fully saturated rings. The summed E-state index contributed by atoms with van der Waals surface area (Å²) in [7, 11) is 0. The highest BCUT2D eigenvalue weighted by Gasteiger charge is 2.18. The van der Waals surface area contributed by atoms with Gasteiger partial charge in [0, 0.05) is 25.0 Å². The molecule has 0 unspecified atom stereocenters. The highest BCUT2D eigenvalue weighted by Crippen LogP contribution is 2.26. The van der Waals surface area contributed by atoms with Crippen molar-refractivity contribution < 1.29 is 0 Å². The van der Waals surface area contributed by atoms with Gasteiger partial charge >= 0.3 is 0 Å². The molecule has 0 aromatic carbocycles. The molecule has 0 saturated heterocycles. The Labute approximate surface area is 98.2 Å². The van der Waals surface area contributed by atoms with Crippen LogP contribution in [0.5, 0.6) is 0 Å². The normalized spacial score (nSPS) is 25.8. The average molecular weight is 221 g/mol. The van der Waals surface area contributed by atoms with Gasteiger partial charge in [0.15, 0.2) is 0 Å². The maximum Gasteiger partial charge on any atom is 0.0534 e. The molecule has 1 heterocycles. The standard InChI is InChI=1S/C13H23N3/c1-2-12-4-6-13(7-5-12)14-9-11-16-10-3-8-15-16/h3,8,10,12-14H,2,4-7,9,11H2,1H3. The Hall–Kier alpha value is -0.830. The molecular weight excluding hydrogens is 198 g/mol. The van der Waals surface area contributed by atoms with Crippen molar-refractivity contribution in [3.63, 3.8) is 0 Å². The van der Waals surface area contributed by atoms with E-state index in [-0.39, 0.29) is 0 Å². The molecule has 1 aliphatic carbocycles. The average Bonchev–Trinajstić information content (AvgIpc) is 2.83. The van der Waals surface area contributed by atoms with E-state index < -0.39 is 0 Å². The molecule has 0 amide bonds. The highest BCUT2D eigenvalue weighted by atomic mass is 15.3. The molecular formula is C13H23N3. The second-order valence-electron chi connectivity index (χ2n) is 4.85. The van der Waals surface area contributed by atoms with Crippen molar-refractivity contribution in [2.24, 2.45) is 5.92 Å². The quantitative estimate of drug-likeness (QED) is 0.827. The van der Waals surface area contributed by atoms with Crippen LogP contribution < -0.4 is 5.32 Å². The van der Waals surface area contributed by atoms with Crippen molar-refractivity contribution >= 4 is 0 Å². The molecule has 2 rings (SSSR count). The van der Waals surface area contributed by atoms with E-state index in [1.54, 1.807) is 0 Å². The van der Waals surface area contributed by atoms with Gasteiger partial charge in [0.05, 0.1) is 6.54 Å². The maximum absolute atomic E-state index is 4.20. The van der Waals surface area contributed by atoms with Gasteiger partial charge in [0.2, 0.25) is 0 Å². The summed E-state index contributed by atoms with van der Waals surface area (Å²) in [6, 6.07) is 2.73. The van der Waals surface area contributed by atoms with Gasteiger partial charge in [-0.05, 0) is 37.7 Å². The zero-order valence-electron chi connectivity index (χ0n) is 10.2. The van der Waals surface area contributed by atoms with E-state index in [2.05, 4.69) is 17.3 Å². The molecule has 0 aliphatic heterocycles. The molecule has 1 N–H and O–H groups in total. The first kappa shape index (κ1) is 11.6. The van der Waals surface area contributed by atoms with E-state index in [1.807, 2.05) is 23.1 Å². The third kappa shape index (κ3) is 3.34. The molecule has 3 nitrogen and oxygen atoms in total. The summed E-state index contributed by atoms with van der Waals surface area (Å²) < 4.78 is 1.99. The number of hydrogen-bond donors (Lipinski definition) is 1. The van der Waals surface area contributed by atoms with Crippen LogP contribution in [0.1, 0.15) is 39.0 Å². The lowest BCUT2D eigenvalue weighted by molar-refractivity contribution is 0.283. The predicted octanol–water partition coefficient (Wildman–Crippen LogP) is 2.44. The minimum atomic E-state index is 0.748. The molecule has 1 aromatic heterocycles. The molecule has 1 aliphatic rings. The summed E-state index contributed by atoms with van der Waals surface area (Å²) in [6.45, 7) is 4.35. The fourth-order valence-electron chi connectivity index (χ4n) is 2.59. The maximum atomic E-state index is 4.20. The van der Waals surface area contributed by atoms with Crippen LogP contribution in [0, 0.1) is 5.92 Å². The van der Waals surface area contributed by atoms with Crippen molar-refractivity contribution in [1.29, 1.82) is 0 Å². The summed E-state index contributed by atoms with van der Waals surface area (Å²) in [5.74, 6) is 0.990. The lowest BCUT2D eigenvalue weighted by Gasteiger charge is -2.28. The Morgan fingerprint density at radius 2 is 2.12 bits per heavy atom. The van der Waals surface area contributed by atoms with Gasteiger partial charge in [-0.3, -0.25) is 4.68 Å². The number of hydrogen-bond acceptors (Lipinski definition) is 2. The predicted molar refractivity (Wildman–Crippen MR) is 66.3 cm³/mol. The molecule has 0 bridgehead atoms. The second kappa shape index (κ2) is 6.04. The van der Waals surface area contributed by atoms with Crippen LogP contribution in [0.15, 0.2) is 18.5 Å². The van der Waals surface area contributed by atoms with Crippen LogP contribution in [-0.2, 0) is 6.54 Å². The molecule has 0 atom stereocenters. The van der Waals surface area contributed by atoms with E-state index >= 15 is 0 Å². The smallest absolute Gasteiger partial charge is 0.0534 e. The lowest BCUT2D eigenvalue weighted by atomic mass is 9.84. The van der Waals surface area contributed by atoms with Gasteiger partial charge in [-0.25, -0.2) is 0 Å². The van der Waals surface area contributed by atoms with Gasteiger partial charge in [0.1, 0.15) is 0 Å². The van der Waals surface area contributed by atoms with Crippen LogP contribution >= 0.6 is 0 Å². The molecule has 0 radical (unpaired) electrons. The summed E-state index contributed by atoms with van der Waals surface area (Å²) >= 11 is 0. The van der Waals surface area contributed by atoms with Crippen LogP contribution in [0.3, 0.4) is 0 Å². The minimum absolute atomic E-state index is 0.748. The number of nitrogens with one attached hydrogen (secondary N) is 1. The first-order valence-electron chi connectivity index (χ1n) is 6.59. The van der Waals surface area contributed by atoms with E-state index in [9.17, 15) is 0 Å². The van der Waals surface area contributed by atoms with Crippen LogP contribution in [-0.4, -0.2) is 22.4 Å². The van der Waals surface area contributed by atoms with E-state index in [0.717, 1.165) is 25.0 Å². The van der Waals surface area contributed by atoms with Gasteiger partial charge in [-0.15, -0.1) is 0 Å². The molecule has 1 saturated carbocycles. The van der Waals surface area contributed by atoms with Crippen molar-refractivity contribution in [1.82, 2.24) is 15.1 Å². The lowest BCUT2D eigenvalue weighted by Crippen LogP contribution is -2.35. The third-order valence-electron chi connectivity index (χ3n) is 3.76. The number of nitrogens with zero attached hydrogens (tertiary/aromatic N) is 2. The second-order valence-corrected chi connectivity index (χ2v) is 4.85. The minimum Gasteiger partial charge on any atom is -0.312 e. The number of rotatable bonds is 5. The molecule has 0 spiro atoms. The van der Waals surface area contributed by atoms with E-state index in [0.29, 0.717) is 0 Å². The van der Waals surface area contributed by atoms with Gasteiger partial charge in [-0.1, -0.05) is 13.3 Å². The number of aromatic nitrogens is 2. The Bertz CT molecular complexity index is 273. The first-order valence-corrected chi connectivity index (χ1v) is 6.59. The molecule has 90 valence electrons. The van der Waals surface area contributed by atoms with Crippen LogP contribution in [0.4, 0.5) is 0 Å². The summed E-state index contributed by atoms with van der Waals surface area (Å²) in [4.78, 5) is 0. The summed E-state index contributed by atoms with van der Waals surface area (Å²) in [5, 5.41) is 7.84. The Kier molecular flexibility index (Phi) is 4.40. The Balaban J connectivity index is 1.60. The first-order chi connectivity index (χ1) is 7.88. The van der Waals surface area contributed by atoms with Crippen molar-refractivity contribution in [3.8, 4) is 0 Å². The van der Waals surface area contributed by atoms with Gasteiger partial charge in [0.25, 0.3) is 0 Å². The zero-order valence-corrected chi connectivity index (χ0v) is 10.2. The molecule has 1 aromatic rings. The summed E-state index contributed by atoms with van der Waals surface area (Å²) in [6.07, 6.45) is 10.8. The Morgan fingerprint density at radius 1 is 1.31 bits per heavy atom. The van der Waals surface area contributed by atoms with Crippen LogP contribution in [0.2, 0.25) is 0 Å². The molecule has 16 heavy (non-hydrogen) atoms. The topological polar surface area (TPSA) is 29.9 Å². The van der Waals surface area contributed by atoms with Crippen LogP contribution in [0.25, 0.3) is 0 Å². The fourth-order valence-corrected chi connectivity index (χ4v) is 2.59. The van der Waals surface area contributed by atoms with Crippen molar-refractivity contribution in [3.05, 3.63) is 18.5 Å². The monoisotopic (exact) mass is 221 g/mol. The third-order valence-corrected chi connectivity index (χ3v) is 3.76. The Morgan fingerprint density at radius 3 is 2.75 bits per heavy atom. The largest absolute Gasteiger partial charge is 0.312 e. The van der Waals surface area contributed by atoms with E-state index in [4.69, 9.17) is 0 Å². The van der Waals surface area contributed by atoms with Gasteiger partial charge < -0.3 is 5.32 Å². The van der Waals surface area contributed by atoms with Crippen molar-refractivity contribution in [2.45, 2.75) is 51.6 Å². The zero-order chi connectivity index (χ0) is 11.2. The van der Waals surface area contributed by atoms with E-state index in [1.165, 1.54) is 32.1 Å². The molecule has 3 heteroatoms. The van der Waals surface area contributed by atoms with Crippen molar-refractivity contribution in [2.75, 3.05) is 6.54 Å². The fraction of sp³-hybridized carbons (Fsp3) is 0.769. The SMILES string of the molecule is CCC1CCC(NCCn2cccn2)CC1.